The van der Waals surface area contributed by atoms with E-state index in [-0.39, 0.29) is 5.78 Å². The number of hydrogen-bond acceptors (Lipinski definition) is 2. The SMILES string of the molecule is CN[C@H]1CC[C@@H](c2ccc(Cl)c(Cl)c2)c2ccc(CC(C)=O)cc21. The van der Waals surface area contributed by atoms with Crippen molar-refractivity contribution in [1.82, 2.24) is 5.32 Å². The molecular weight excluding hydrogens is 341 g/mol. The lowest BCUT2D eigenvalue weighted by Crippen LogP contribution is -2.24. The first-order chi connectivity index (χ1) is 11.5. The summed E-state index contributed by atoms with van der Waals surface area (Å²) in [5.74, 6) is 0.499. The number of Topliss-reactive ketones (excluding diaryl/α,β-unsaturated/α-hetero) is 1. The van der Waals surface area contributed by atoms with Crippen molar-refractivity contribution >= 4 is 29.0 Å². The fourth-order valence-corrected chi connectivity index (χ4v) is 3.97. The molecule has 2 aromatic carbocycles. The van der Waals surface area contributed by atoms with E-state index in [9.17, 15) is 4.79 Å². The predicted molar refractivity (Wildman–Crippen MR) is 100 cm³/mol. The Morgan fingerprint density at radius 1 is 1.08 bits per heavy atom. The number of fused-ring (bicyclic) bond motifs is 1. The average molecular weight is 362 g/mol. The van der Waals surface area contributed by atoms with Gasteiger partial charge in [-0.15, -0.1) is 0 Å². The largest absolute Gasteiger partial charge is 0.313 e. The maximum absolute atomic E-state index is 11.4. The number of nitrogens with one attached hydrogen (secondary N) is 1. The van der Waals surface area contributed by atoms with Gasteiger partial charge in [-0.25, -0.2) is 0 Å². The third-order valence-corrected chi connectivity index (χ3v) is 5.53. The van der Waals surface area contributed by atoms with Crippen molar-refractivity contribution in [3.63, 3.8) is 0 Å². The van der Waals surface area contributed by atoms with Gasteiger partial charge in [0.15, 0.2) is 0 Å². The van der Waals surface area contributed by atoms with Crippen LogP contribution in [0.3, 0.4) is 0 Å². The fraction of sp³-hybridized carbons (Fsp3) is 0.350. The second kappa shape index (κ2) is 7.26. The van der Waals surface area contributed by atoms with Gasteiger partial charge in [-0.3, -0.25) is 4.79 Å². The number of benzene rings is 2. The highest BCUT2D eigenvalue weighted by atomic mass is 35.5. The molecule has 0 fully saturated rings. The van der Waals surface area contributed by atoms with Crippen molar-refractivity contribution in [2.45, 2.75) is 38.1 Å². The van der Waals surface area contributed by atoms with Gasteiger partial charge < -0.3 is 5.32 Å². The standard InChI is InChI=1S/C20H21Cl2NO/c1-12(24)9-13-3-5-16-15(6-8-20(23-2)17(16)10-13)14-4-7-18(21)19(22)11-14/h3-5,7,10-11,15,20,23H,6,8-9H2,1-2H3/t15-,20-/m0/s1. The van der Waals surface area contributed by atoms with Crippen LogP contribution in [0.4, 0.5) is 0 Å². The van der Waals surface area contributed by atoms with Crippen LogP contribution >= 0.6 is 23.2 Å². The number of ketones is 1. The molecule has 0 spiro atoms. The van der Waals surface area contributed by atoms with Gasteiger partial charge in [0.05, 0.1) is 10.0 Å². The fourth-order valence-electron chi connectivity index (χ4n) is 3.66. The molecule has 0 amide bonds. The quantitative estimate of drug-likeness (QED) is 0.799. The van der Waals surface area contributed by atoms with Crippen LogP contribution in [0.5, 0.6) is 0 Å². The minimum absolute atomic E-state index is 0.188. The Hall–Kier alpha value is -1.35. The molecular formula is C20H21Cl2NO. The number of hydrogen-bond donors (Lipinski definition) is 1. The van der Waals surface area contributed by atoms with Gasteiger partial charge in [0, 0.05) is 18.4 Å². The smallest absolute Gasteiger partial charge is 0.134 e. The molecule has 2 aromatic rings. The molecule has 0 bridgehead atoms. The van der Waals surface area contributed by atoms with Crippen LogP contribution in [0, 0.1) is 0 Å². The van der Waals surface area contributed by atoms with Crippen LogP contribution in [0.15, 0.2) is 36.4 Å². The van der Waals surface area contributed by atoms with Crippen molar-refractivity contribution in [1.29, 1.82) is 0 Å². The van der Waals surface area contributed by atoms with E-state index in [1.54, 1.807) is 6.92 Å². The molecule has 2 atom stereocenters. The molecule has 0 aliphatic heterocycles. The van der Waals surface area contributed by atoms with Gasteiger partial charge >= 0.3 is 0 Å². The third kappa shape index (κ3) is 3.51. The number of carbonyl (C=O) groups excluding carboxylic acids is 1. The van der Waals surface area contributed by atoms with Crippen molar-refractivity contribution < 1.29 is 4.79 Å². The first-order valence-corrected chi connectivity index (χ1v) is 8.99. The highest BCUT2D eigenvalue weighted by molar-refractivity contribution is 6.42. The van der Waals surface area contributed by atoms with E-state index in [1.165, 1.54) is 16.7 Å². The summed E-state index contributed by atoms with van der Waals surface area (Å²) in [4.78, 5) is 11.4. The summed E-state index contributed by atoms with van der Waals surface area (Å²) >= 11 is 12.3. The summed E-state index contributed by atoms with van der Waals surface area (Å²) in [6, 6.07) is 12.7. The lowest BCUT2D eigenvalue weighted by atomic mass is 9.76. The van der Waals surface area contributed by atoms with Gasteiger partial charge in [0.1, 0.15) is 5.78 Å². The highest BCUT2D eigenvalue weighted by Gasteiger charge is 2.28. The van der Waals surface area contributed by atoms with E-state index in [0.29, 0.717) is 28.4 Å². The molecule has 4 heteroatoms. The molecule has 3 rings (SSSR count). The molecule has 0 saturated carbocycles. The van der Waals surface area contributed by atoms with Crippen molar-refractivity contribution in [3.8, 4) is 0 Å². The van der Waals surface area contributed by atoms with E-state index < -0.39 is 0 Å². The van der Waals surface area contributed by atoms with Gasteiger partial charge in [-0.2, -0.15) is 0 Å². The molecule has 0 aromatic heterocycles. The zero-order chi connectivity index (χ0) is 17.3. The van der Waals surface area contributed by atoms with Crippen molar-refractivity contribution in [2.24, 2.45) is 0 Å². The molecule has 0 unspecified atom stereocenters. The summed E-state index contributed by atoms with van der Waals surface area (Å²) in [7, 11) is 1.99. The molecule has 1 N–H and O–H groups in total. The molecule has 0 radical (unpaired) electrons. The van der Waals surface area contributed by atoms with Crippen LogP contribution in [-0.4, -0.2) is 12.8 Å². The van der Waals surface area contributed by atoms with Crippen LogP contribution in [0.25, 0.3) is 0 Å². The van der Waals surface area contributed by atoms with Crippen molar-refractivity contribution in [2.75, 3.05) is 7.05 Å². The molecule has 2 nitrogen and oxygen atoms in total. The first kappa shape index (κ1) is 17.5. The molecule has 1 aliphatic rings. The van der Waals surface area contributed by atoms with Crippen LogP contribution in [0.2, 0.25) is 10.0 Å². The predicted octanol–water partition coefficient (Wildman–Crippen LogP) is 5.31. The summed E-state index contributed by atoms with van der Waals surface area (Å²) in [5, 5.41) is 4.58. The van der Waals surface area contributed by atoms with Gasteiger partial charge in [0.25, 0.3) is 0 Å². The van der Waals surface area contributed by atoms with E-state index >= 15 is 0 Å². The summed E-state index contributed by atoms with van der Waals surface area (Å²) in [6.07, 6.45) is 2.60. The first-order valence-electron chi connectivity index (χ1n) is 8.24. The molecule has 24 heavy (non-hydrogen) atoms. The van der Waals surface area contributed by atoms with E-state index in [2.05, 4.69) is 29.6 Å². The average Bonchev–Trinajstić information content (AvgIpc) is 2.55. The Labute approximate surface area is 153 Å². The Kier molecular flexibility index (Phi) is 5.29. The highest BCUT2D eigenvalue weighted by Crippen LogP contribution is 2.42. The minimum atomic E-state index is 0.188. The van der Waals surface area contributed by atoms with E-state index in [0.717, 1.165) is 18.4 Å². The molecule has 126 valence electrons. The van der Waals surface area contributed by atoms with Gasteiger partial charge in [-0.05, 0) is 61.2 Å². The number of rotatable bonds is 4. The van der Waals surface area contributed by atoms with Crippen molar-refractivity contribution in [3.05, 3.63) is 68.7 Å². The lowest BCUT2D eigenvalue weighted by Gasteiger charge is -2.32. The molecule has 0 saturated heterocycles. The molecule has 1 aliphatic carbocycles. The summed E-state index contributed by atoms with van der Waals surface area (Å²) in [6.45, 7) is 1.63. The normalized spacial score (nSPS) is 19.8. The zero-order valence-electron chi connectivity index (χ0n) is 13.9. The number of halogens is 2. The topological polar surface area (TPSA) is 29.1 Å². The second-order valence-corrected chi connectivity index (χ2v) is 7.30. The Morgan fingerprint density at radius 2 is 1.88 bits per heavy atom. The third-order valence-electron chi connectivity index (χ3n) is 4.79. The maximum atomic E-state index is 11.4. The Balaban J connectivity index is 2.03. The van der Waals surface area contributed by atoms with Crippen LogP contribution in [-0.2, 0) is 11.2 Å². The second-order valence-electron chi connectivity index (χ2n) is 6.49. The lowest BCUT2D eigenvalue weighted by molar-refractivity contribution is -0.116. The summed E-state index contributed by atoms with van der Waals surface area (Å²) in [5.41, 5.74) is 4.88. The number of carbonyl (C=O) groups is 1. The van der Waals surface area contributed by atoms with Gasteiger partial charge in [-0.1, -0.05) is 47.5 Å². The van der Waals surface area contributed by atoms with Crippen LogP contribution in [0.1, 0.15) is 54.0 Å². The van der Waals surface area contributed by atoms with E-state index in [1.807, 2.05) is 19.2 Å². The Bertz CT molecular complexity index is 772. The monoisotopic (exact) mass is 361 g/mol. The zero-order valence-corrected chi connectivity index (χ0v) is 15.4. The van der Waals surface area contributed by atoms with Crippen LogP contribution < -0.4 is 5.32 Å². The Morgan fingerprint density at radius 3 is 2.54 bits per heavy atom. The van der Waals surface area contributed by atoms with E-state index in [4.69, 9.17) is 23.2 Å². The maximum Gasteiger partial charge on any atom is 0.134 e. The van der Waals surface area contributed by atoms with Gasteiger partial charge in [0.2, 0.25) is 0 Å². The molecule has 0 heterocycles. The minimum Gasteiger partial charge on any atom is -0.313 e. The summed E-state index contributed by atoms with van der Waals surface area (Å²) < 4.78 is 0.